The molecule has 0 saturated heterocycles. The molecule has 2 N–H and O–H groups in total. The number of nitro benzene ring substituents is 1. The maximum Gasteiger partial charge on any atom is 0.311 e. The number of ether oxygens (including phenoxy) is 1. The molecule has 1 aliphatic rings. The molecule has 2 atom stereocenters. The highest BCUT2D eigenvalue weighted by Gasteiger charge is 2.34. The Kier molecular flexibility index (Phi) is 4.83. The minimum atomic E-state index is -0.388. The lowest BCUT2D eigenvalue weighted by Gasteiger charge is -2.39. The van der Waals surface area contributed by atoms with Crippen LogP contribution < -0.4 is 10.5 Å². The lowest BCUT2D eigenvalue weighted by Crippen LogP contribution is -2.37. The van der Waals surface area contributed by atoms with Crippen LogP contribution in [-0.4, -0.2) is 18.6 Å². The van der Waals surface area contributed by atoms with Crippen LogP contribution in [-0.2, 0) is 6.42 Å². The van der Waals surface area contributed by atoms with Crippen LogP contribution in [0.3, 0.4) is 0 Å². The Balaban J connectivity index is 2.25. The summed E-state index contributed by atoms with van der Waals surface area (Å²) >= 11 is 0. The lowest BCUT2D eigenvalue weighted by molar-refractivity contribution is -0.385. The van der Waals surface area contributed by atoms with Crippen molar-refractivity contribution >= 4 is 5.69 Å². The number of nitrogens with two attached hydrogens (primary N) is 1. The summed E-state index contributed by atoms with van der Waals surface area (Å²) in [5.74, 6) is 0.984. The predicted octanol–water partition coefficient (Wildman–Crippen LogP) is 3.30. The quantitative estimate of drug-likeness (QED) is 0.667. The van der Waals surface area contributed by atoms with E-state index in [0.717, 1.165) is 24.8 Å². The zero-order chi connectivity index (χ0) is 15.5. The molecule has 116 valence electrons. The molecule has 0 spiro atoms. The van der Waals surface area contributed by atoms with Crippen LogP contribution >= 0.6 is 0 Å². The zero-order valence-corrected chi connectivity index (χ0v) is 12.8. The standard InChI is InChI=1S/C16H24N2O3/c1-12-4-3-7-16(9-12,11-17)10-13-5-6-15(21-2)14(8-13)18(19)20/h5-6,8,12H,3-4,7,9-11,17H2,1-2H3. The smallest absolute Gasteiger partial charge is 0.311 e. The molecule has 0 aromatic heterocycles. The van der Waals surface area contributed by atoms with Crippen LogP contribution in [0.4, 0.5) is 5.69 Å². The second kappa shape index (κ2) is 6.43. The van der Waals surface area contributed by atoms with Gasteiger partial charge in [-0.2, -0.15) is 0 Å². The summed E-state index contributed by atoms with van der Waals surface area (Å²) in [7, 11) is 1.45. The lowest BCUT2D eigenvalue weighted by atomic mass is 9.67. The second-order valence-electron chi connectivity index (χ2n) is 6.35. The van der Waals surface area contributed by atoms with E-state index in [4.69, 9.17) is 10.5 Å². The summed E-state index contributed by atoms with van der Waals surface area (Å²) in [6.07, 6.45) is 5.46. The van der Waals surface area contributed by atoms with Gasteiger partial charge in [0.05, 0.1) is 12.0 Å². The predicted molar refractivity (Wildman–Crippen MR) is 82.5 cm³/mol. The van der Waals surface area contributed by atoms with Gasteiger partial charge in [-0.3, -0.25) is 10.1 Å². The Morgan fingerprint density at radius 2 is 2.29 bits per heavy atom. The van der Waals surface area contributed by atoms with Crippen molar-refractivity contribution in [2.45, 2.75) is 39.0 Å². The average Bonchev–Trinajstić information content (AvgIpc) is 2.47. The summed E-state index contributed by atoms with van der Waals surface area (Å²) in [5.41, 5.74) is 7.13. The maximum atomic E-state index is 11.1. The van der Waals surface area contributed by atoms with Gasteiger partial charge in [-0.1, -0.05) is 25.8 Å². The van der Waals surface area contributed by atoms with Crippen LogP contribution in [0, 0.1) is 21.4 Å². The molecule has 1 aromatic rings. The molecule has 0 radical (unpaired) electrons. The first-order valence-electron chi connectivity index (χ1n) is 7.51. The molecule has 21 heavy (non-hydrogen) atoms. The highest BCUT2D eigenvalue weighted by Crippen LogP contribution is 2.42. The van der Waals surface area contributed by atoms with E-state index in [1.807, 2.05) is 6.07 Å². The summed E-state index contributed by atoms with van der Waals surface area (Å²) in [5, 5.41) is 11.1. The number of hydrogen-bond donors (Lipinski definition) is 1. The highest BCUT2D eigenvalue weighted by atomic mass is 16.6. The van der Waals surface area contributed by atoms with Crippen molar-refractivity contribution in [2.24, 2.45) is 17.1 Å². The van der Waals surface area contributed by atoms with Crippen molar-refractivity contribution in [3.8, 4) is 5.75 Å². The molecule has 0 aliphatic heterocycles. The van der Waals surface area contributed by atoms with Crippen molar-refractivity contribution in [3.63, 3.8) is 0 Å². The Morgan fingerprint density at radius 3 is 2.86 bits per heavy atom. The topological polar surface area (TPSA) is 78.4 Å². The van der Waals surface area contributed by atoms with Gasteiger partial charge >= 0.3 is 5.69 Å². The third kappa shape index (κ3) is 3.53. The van der Waals surface area contributed by atoms with Crippen molar-refractivity contribution in [3.05, 3.63) is 33.9 Å². The van der Waals surface area contributed by atoms with Gasteiger partial charge in [0.15, 0.2) is 5.75 Å². The molecule has 5 nitrogen and oxygen atoms in total. The van der Waals surface area contributed by atoms with E-state index < -0.39 is 0 Å². The number of methoxy groups -OCH3 is 1. The van der Waals surface area contributed by atoms with Gasteiger partial charge in [-0.25, -0.2) is 0 Å². The molecule has 0 amide bonds. The number of hydrogen-bond acceptors (Lipinski definition) is 4. The first-order chi connectivity index (χ1) is 9.99. The largest absolute Gasteiger partial charge is 0.490 e. The monoisotopic (exact) mass is 292 g/mol. The Morgan fingerprint density at radius 1 is 1.52 bits per heavy atom. The molecule has 1 fully saturated rings. The van der Waals surface area contributed by atoms with Gasteiger partial charge in [-0.15, -0.1) is 0 Å². The zero-order valence-electron chi connectivity index (χ0n) is 12.8. The van der Waals surface area contributed by atoms with Gasteiger partial charge in [0.1, 0.15) is 0 Å². The van der Waals surface area contributed by atoms with Crippen LogP contribution in [0.2, 0.25) is 0 Å². The number of nitrogens with zero attached hydrogens (tertiary/aromatic N) is 1. The van der Waals surface area contributed by atoms with Gasteiger partial charge in [0, 0.05) is 6.07 Å². The molecule has 1 saturated carbocycles. The fourth-order valence-corrected chi connectivity index (χ4v) is 3.61. The minimum Gasteiger partial charge on any atom is -0.490 e. The van der Waals surface area contributed by atoms with Gasteiger partial charge in [0.2, 0.25) is 0 Å². The van der Waals surface area contributed by atoms with Gasteiger partial charge in [-0.05, 0) is 48.8 Å². The minimum absolute atomic E-state index is 0.0334. The van der Waals surface area contributed by atoms with Crippen LogP contribution in [0.1, 0.15) is 38.2 Å². The Bertz CT molecular complexity index is 518. The van der Waals surface area contributed by atoms with Crippen LogP contribution in [0.5, 0.6) is 5.75 Å². The Labute approximate surface area is 125 Å². The normalized spacial score (nSPS) is 25.6. The molecule has 2 rings (SSSR count). The summed E-state index contributed by atoms with van der Waals surface area (Å²) in [4.78, 5) is 10.7. The molecule has 0 heterocycles. The van der Waals surface area contributed by atoms with Crippen molar-refractivity contribution in [2.75, 3.05) is 13.7 Å². The first-order valence-corrected chi connectivity index (χ1v) is 7.51. The van der Waals surface area contributed by atoms with E-state index in [2.05, 4.69) is 6.92 Å². The molecule has 5 heteroatoms. The van der Waals surface area contributed by atoms with E-state index in [1.54, 1.807) is 12.1 Å². The third-order valence-electron chi connectivity index (χ3n) is 4.64. The molecule has 1 aromatic carbocycles. The van der Waals surface area contributed by atoms with Crippen LogP contribution in [0.25, 0.3) is 0 Å². The van der Waals surface area contributed by atoms with E-state index in [0.29, 0.717) is 18.2 Å². The maximum absolute atomic E-state index is 11.1. The van der Waals surface area contributed by atoms with Crippen molar-refractivity contribution in [1.82, 2.24) is 0 Å². The summed E-state index contributed by atoms with van der Waals surface area (Å²) in [6, 6.07) is 5.24. The highest BCUT2D eigenvalue weighted by molar-refractivity contribution is 5.48. The summed E-state index contributed by atoms with van der Waals surface area (Å²) < 4.78 is 5.05. The SMILES string of the molecule is COc1ccc(CC2(CN)CCCC(C)C2)cc1[N+](=O)[O-]. The summed E-state index contributed by atoms with van der Waals surface area (Å²) in [6.45, 7) is 2.90. The fourth-order valence-electron chi connectivity index (χ4n) is 3.61. The molecule has 1 aliphatic carbocycles. The second-order valence-corrected chi connectivity index (χ2v) is 6.35. The van der Waals surface area contributed by atoms with Crippen molar-refractivity contribution in [1.29, 1.82) is 0 Å². The Hall–Kier alpha value is -1.62. The third-order valence-corrected chi connectivity index (χ3v) is 4.64. The molecular formula is C16H24N2O3. The van der Waals surface area contributed by atoms with Crippen molar-refractivity contribution < 1.29 is 9.66 Å². The van der Waals surface area contributed by atoms with Gasteiger partial charge in [0.25, 0.3) is 0 Å². The number of rotatable bonds is 5. The fraction of sp³-hybridized carbons (Fsp3) is 0.625. The number of benzene rings is 1. The van der Waals surface area contributed by atoms with E-state index >= 15 is 0 Å². The molecule has 2 unspecified atom stereocenters. The first kappa shape index (κ1) is 15.8. The van der Waals surface area contributed by atoms with E-state index in [-0.39, 0.29) is 16.0 Å². The number of nitro groups is 1. The molecular weight excluding hydrogens is 268 g/mol. The van der Waals surface area contributed by atoms with Crippen LogP contribution in [0.15, 0.2) is 18.2 Å². The van der Waals surface area contributed by atoms with E-state index in [1.165, 1.54) is 20.0 Å². The van der Waals surface area contributed by atoms with Gasteiger partial charge < -0.3 is 10.5 Å². The molecule has 0 bridgehead atoms. The van der Waals surface area contributed by atoms with E-state index in [9.17, 15) is 10.1 Å². The average molecular weight is 292 g/mol.